The molecule has 0 radical (unpaired) electrons. The fourth-order valence-electron chi connectivity index (χ4n) is 2.06. The van der Waals surface area contributed by atoms with Crippen LogP contribution in [0.25, 0.3) is 0 Å². The SMILES string of the molecule is CNC1CCCN(CC(C)(C)C(=O)O)C1. The zero-order valence-corrected chi connectivity index (χ0v) is 9.92. The van der Waals surface area contributed by atoms with Gasteiger partial charge in [-0.1, -0.05) is 0 Å². The van der Waals surface area contributed by atoms with Crippen molar-refractivity contribution in [2.75, 3.05) is 26.7 Å². The van der Waals surface area contributed by atoms with Crippen molar-refractivity contribution < 1.29 is 9.90 Å². The first kappa shape index (κ1) is 12.5. The van der Waals surface area contributed by atoms with Gasteiger partial charge in [0.05, 0.1) is 5.41 Å². The van der Waals surface area contributed by atoms with Gasteiger partial charge >= 0.3 is 5.97 Å². The van der Waals surface area contributed by atoms with Crippen molar-refractivity contribution in [3.05, 3.63) is 0 Å². The molecule has 0 bridgehead atoms. The fourth-order valence-corrected chi connectivity index (χ4v) is 2.06. The lowest BCUT2D eigenvalue weighted by Gasteiger charge is -2.36. The maximum atomic E-state index is 11.0. The van der Waals surface area contributed by atoms with Crippen LogP contribution in [0.5, 0.6) is 0 Å². The predicted molar refractivity (Wildman–Crippen MR) is 59.9 cm³/mol. The van der Waals surface area contributed by atoms with Crippen molar-refractivity contribution in [2.45, 2.75) is 32.7 Å². The van der Waals surface area contributed by atoms with Crippen LogP contribution in [0, 0.1) is 5.41 Å². The number of carbonyl (C=O) groups is 1. The lowest BCUT2D eigenvalue weighted by atomic mass is 9.91. The Hall–Kier alpha value is -0.610. The summed E-state index contributed by atoms with van der Waals surface area (Å²) in [6.45, 7) is 6.21. The van der Waals surface area contributed by atoms with Gasteiger partial charge in [0, 0.05) is 19.1 Å². The van der Waals surface area contributed by atoms with E-state index in [4.69, 9.17) is 5.11 Å². The molecule has 88 valence electrons. The minimum absolute atomic E-state index is 0.517. The second kappa shape index (κ2) is 4.94. The van der Waals surface area contributed by atoms with Gasteiger partial charge in [0.15, 0.2) is 0 Å². The first-order valence-electron chi connectivity index (χ1n) is 5.59. The molecular weight excluding hydrogens is 192 g/mol. The van der Waals surface area contributed by atoms with Crippen molar-refractivity contribution in [2.24, 2.45) is 5.41 Å². The second-order valence-electron chi connectivity index (χ2n) is 5.05. The minimum Gasteiger partial charge on any atom is -0.481 e. The molecule has 1 fully saturated rings. The van der Waals surface area contributed by atoms with Crippen LogP contribution in [0.3, 0.4) is 0 Å². The van der Waals surface area contributed by atoms with E-state index in [1.165, 1.54) is 6.42 Å². The molecule has 4 nitrogen and oxygen atoms in total. The molecule has 0 aromatic carbocycles. The molecule has 2 N–H and O–H groups in total. The first-order chi connectivity index (χ1) is 6.95. The summed E-state index contributed by atoms with van der Waals surface area (Å²) >= 11 is 0. The van der Waals surface area contributed by atoms with E-state index in [2.05, 4.69) is 10.2 Å². The van der Waals surface area contributed by atoms with Crippen LogP contribution in [-0.4, -0.2) is 48.7 Å². The number of hydrogen-bond acceptors (Lipinski definition) is 3. The molecule has 0 spiro atoms. The van der Waals surface area contributed by atoms with Crippen LogP contribution in [0.1, 0.15) is 26.7 Å². The van der Waals surface area contributed by atoms with E-state index in [0.717, 1.165) is 19.5 Å². The monoisotopic (exact) mass is 214 g/mol. The van der Waals surface area contributed by atoms with Crippen molar-refractivity contribution in [1.29, 1.82) is 0 Å². The van der Waals surface area contributed by atoms with Crippen LogP contribution >= 0.6 is 0 Å². The number of hydrogen-bond donors (Lipinski definition) is 2. The summed E-state index contributed by atoms with van der Waals surface area (Å²) in [6.07, 6.45) is 2.35. The van der Waals surface area contributed by atoms with Gasteiger partial charge in [-0.15, -0.1) is 0 Å². The van der Waals surface area contributed by atoms with Gasteiger partial charge in [-0.2, -0.15) is 0 Å². The molecule has 1 saturated heterocycles. The Balaban J connectivity index is 2.47. The number of likely N-dealkylation sites (tertiary alicyclic amines) is 1. The van der Waals surface area contributed by atoms with Gasteiger partial charge in [0.25, 0.3) is 0 Å². The molecule has 1 atom stereocenters. The van der Waals surface area contributed by atoms with Gasteiger partial charge in [-0.3, -0.25) is 4.79 Å². The topological polar surface area (TPSA) is 52.6 Å². The van der Waals surface area contributed by atoms with E-state index in [1.54, 1.807) is 13.8 Å². The zero-order chi connectivity index (χ0) is 11.5. The summed E-state index contributed by atoms with van der Waals surface area (Å²) in [6, 6.07) is 0.517. The van der Waals surface area contributed by atoms with Gasteiger partial charge in [-0.25, -0.2) is 0 Å². The molecule has 0 aromatic heterocycles. The number of carboxylic acids is 1. The number of likely N-dealkylation sites (N-methyl/N-ethyl adjacent to an activating group) is 1. The van der Waals surface area contributed by atoms with Crippen LogP contribution in [0.15, 0.2) is 0 Å². The Morgan fingerprint density at radius 1 is 1.60 bits per heavy atom. The van der Waals surface area contributed by atoms with E-state index >= 15 is 0 Å². The Morgan fingerprint density at radius 2 is 2.27 bits per heavy atom. The normalized spacial score (nSPS) is 24.1. The van der Waals surface area contributed by atoms with Crippen molar-refractivity contribution in [3.63, 3.8) is 0 Å². The zero-order valence-electron chi connectivity index (χ0n) is 9.92. The molecule has 1 aliphatic rings. The van der Waals surface area contributed by atoms with Crippen molar-refractivity contribution >= 4 is 5.97 Å². The largest absolute Gasteiger partial charge is 0.481 e. The van der Waals surface area contributed by atoms with E-state index in [-0.39, 0.29) is 0 Å². The minimum atomic E-state index is -0.714. The van der Waals surface area contributed by atoms with Crippen molar-refractivity contribution in [1.82, 2.24) is 10.2 Å². The number of nitrogens with one attached hydrogen (secondary N) is 1. The quantitative estimate of drug-likeness (QED) is 0.726. The van der Waals surface area contributed by atoms with Gasteiger partial charge in [0.1, 0.15) is 0 Å². The third-order valence-corrected chi connectivity index (χ3v) is 3.11. The maximum absolute atomic E-state index is 11.0. The van der Waals surface area contributed by atoms with Crippen LogP contribution in [0.2, 0.25) is 0 Å². The molecule has 1 rings (SSSR count). The van der Waals surface area contributed by atoms with Gasteiger partial charge in [0.2, 0.25) is 0 Å². The predicted octanol–water partition coefficient (Wildman–Crippen LogP) is 0.781. The smallest absolute Gasteiger partial charge is 0.310 e. The third kappa shape index (κ3) is 3.47. The van der Waals surface area contributed by atoms with Crippen LogP contribution in [0.4, 0.5) is 0 Å². The highest BCUT2D eigenvalue weighted by molar-refractivity contribution is 5.73. The van der Waals surface area contributed by atoms with Crippen molar-refractivity contribution in [3.8, 4) is 0 Å². The molecule has 0 amide bonds. The molecule has 1 aliphatic heterocycles. The highest BCUT2D eigenvalue weighted by Crippen LogP contribution is 2.20. The average Bonchev–Trinajstić information content (AvgIpc) is 2.17. The number of nitrogens with zero attached hydrogens (tertiary/aromatic N) is 1. The number of piperidine rings is 1. The van der Waals surface area contributed by atoms with Gasteiger partial charge in [-0.05, 0) is 40.3 Å². The van der Waals surface area contributed by atoms with E-state index in [0.29, 0.717) is 12.6 Å². The first-order valence-corrected chi connectivity index (χ1v) is 5.59. The molecule has 1 unspecified atom stereocenters. The van der Waals surface area contributed by atoms with Gasteiger partial charge < -0.3 is 15.3 Å². The average molecular weight is 214 g/mol. The number of carboxylic acid groups (broad SMARTS) is 1. The summed E-state index contributed by atoms with van der Waals surface area (Å²) < 4.78 is 0. The second-order valence-corrected chi connectivity index (χ2v) is 5.05. The summed E-state index contributed by atoms with van der Waals surface area (Å²) in [7, 11) is 1.97. The molecule has 0 aliphatic carbocycles. The van der Waals surface area contributed by atoms with Crippen LogP contribution in [-0.2, 0) is 4.79 Å². The summed E-state index contributed by atoms with van der Waals surface area (Å²) in [5.74, 6) is -0.714. The Morgan fingerprint density at radius 3 is 2.80 bits per heavy atom. The van der Waals surface area contributed by atoms with Crippen LogP contribution < -0.4 is 5.32 Å². The third-order valence-electron chi connectivity index (χ3n) is 3.11. The molecule has 15 heavy (non-hydrogen) atoms. The summed E-state index contributed by atoms with van der Waals surface area (Å²) in [5.41, 5.74) is -0.643. The highest BCUT2D eigenvalue weighted by Gasteiger charge is 2.31. The maximum Gasteiger partial charge on any atom is 0.310 e. The molecule has 4 heteroatoms. The highest BCUT2D eigenvalue weighted by atomic mass is 16.4. The van der Waals surface area contributed by atoms with E-state index in [1.807, 2.05) is 7.05 Å². The molecular formula is C11H22N2O2. The number of aliphatic carboxylic acids is 1. The summed E-state index contributed by atoms with van der Waals surface area (Å²) in [5, 5.41) is 12.3. The lowest BCUT2D eigenvalue weighted by molar-refractivity contribution is -0.148. The van der Waals surface area contributed by atoms with E-state index in [9.17, 15) is 4.79 Å². The molecule has 0 aromatic rings. The summed E-state index contributed by atoms with van der Waals surface area (Å²) in [4.78, 5) is 13.3. The Bertz CT molecular complexity index is 229. The fraction of sp³-hybridized carbons (Fsp3) is 0.909. The Labute approximate surface area is 91.6 Å². The molecule has 1 heterocycles. The lowest BCUT2D eigenvalue weighted by Crippen LogP contribution is -2.48. The number of rotatable bonds is 4. The molecule has 0 saturated carbocycles. The van der Waals surface area contributed by atoms with E-state index < -0.39 is 11.4 Å². The standard InChI is InChI=1S/C11H22N2O2/c1-11(2,10(14)15)8-13-6-4-5-9(7-13)12-3/h9,12H,4-8H2,1-3H3,(H,14,15). The Kier molecular flexibility index (Phi) is 4.11.